The van der Waals surface area contributed by atoms with Crippen LogP contribution in [0.5, 0.6) is 0 Å². The van der Waals surface area contributed by atoms with Crippen LogP contribution in [0.15, 0.2) is 180 Å². The molecule has 3 aromatic heterocycles. The van der Waals surface area contributed by atoms with Crippen molar-refractivity contribution in [3.05, 3.63) is 176 Å². The van der Waals surface area contributed by atoms with Gasteiger partial charge in [-0.05, 0) is 65.0 Å². The van der Waals surface area contributed by atoms with Gasteiger partial charge in [0.15, 0.2) is 23.1 Å². The summed E-state index contributed by atoms with van der Waals surface area (Å²) < 4.78 is 6.32. The molecule has 0 aliphatic heterocycles. The zero-order valence-corrected chi connectivity index (χ0v) is 28.4. The Bertz CT molecular complexity index is 2880. The lowest BCUT2D eigenvalue weighted by atomic mass is 9.94. The zero-order chi connectivity index (χ0) is 35.1. The Balaban J connectivity index is 1.22. The molecule has 0 aliphatic carbocycles. The molecule has 10 rings (SSSR count). The van der Waals surface area contributed by atoms with Crippen molar-refractivity contribution in [2.24, 2.45) is 0 Å². The van der Waals surface area contributed by atoms with Crippen molar-refractivity contribution in [1.82, 2.24) is 24.9 Å². The van der Waals surface area contributed by atoms with Crippen molar-refractivity contribution in [3.8, 4) is 68.0 Å². The lowest BCUT2D eigenvalue weighted by molar-refractivity contribution is 0.620. The van der Waals surface area contributed by atoms with E-state index in [0.717, 1.165) is 71.8 Å². The van der Waals surface area contributed by atoms with Crippen LogP contribution in [0, 0.1) is 0 Å². The zero-order valence-electron chi connectivity index (χ0n) is 28.4. The molecule has 7 aromatic carbocycles. The van der Waals surface area contributed by atoms with E-state index in [1.807, 2.05) is 103 Å². The summed E-state index contributed by atoms with van der Waals surface area (Å²) in [5.74, 6) is 2.36. The van der Waals surface area contributed by atoms with Crippen LogP contribution < -0.4 is 0 Å². The van der Waals surface area contributed by atoms with Crippen molar-refractivity contribution < 1.29 is 4.42 Å². The maximum absolute atomic E-state index is 6.32. The smallest absolute Gasteiger partial charge is 0.227 e. The third-order valence-electron chi connectivity index (χ3n) is 9.52. The first-order valence-electron chi connectivity index (χ1n) is 17.5. The Labute approximate surface area is 305 Å². The summed E-state index contributed by atoms with van der Waals surface area (Å²) in [5.41, 5.74) is 9.82. The van der Waals surface area contributed by atoms with E-state index in [-0.39, 0.29) is 0 Å². The SMILES string of the molecule is c1ccc(-c2nc(-c3ccccc3)nc(-c3cc(-c4ccc5nc(-c6ccccc6)oc5c4)cc(-c4nc5ccccc5c5ccccc45)c3)n2)cc1. The number of pyridine rings is 1. The Hall–Kier alpha value is -7.31. The molecule has 0 radical (unpaired) electrons. The number of nitrogens with zero attached hydrogens (tertiary/aromatic N) is 5. The molecule has 10 aromatic rings. The molecule has 6 heteroatoms. The number of rotatable bonds is 6. The number of para-hydroxylation sites is 1. The fourth-order valence-corrected chi connectivity index (χ4v) is 6.93. The average molecular weight is 680 g/mol. The van der Waals surface area contributed by atoms with E-state index in [9.17, 15) is 0 Å². The molecule has 0 spiro atoms. The highest BCUT2D eigenvalue weighted by atomic mass is 16.3. The Morgan fingerprint density at radius 1 is 0.302 bits per heavy atom. The quantitative estimate of drug-likeness (QED) is 0.163. The summed E-state index contributed by atoms with van der Waals surface area (Å²) in [7, 11) is 0. The molecular weight excluding hydrogens is 651 g/mol. The standard InChI is InChI=1S/C47H29N5O/c1-4-14-30(15-5-1)44-50-45(31-16-6-2-7-17-31)52-46(51-44)36-27-34(33-24-25-41-42(29-33)53-47(49-41)32-18-8-3-9-19-32)26-35(28-36)43-39-22-11-10-20-37(39)38-21-12-13-23-40(38)48-43/h1-29H. The van der Waals surface area contributed by atoms with E-state index in [1.54, 1.807) is 0 Å². The predicted molar refractivity (Wildman–Crippen MR) is 213 cm³/mol. The third kappa shape index (κ3) is 5.69. The second-order valence-electron chi connectivity index (χ2n) is 12.9. The van der Waals surface area contributed by atoms with Crippen LogP contribution in [0.2, 0.25) is 0 Å². The van der Waals surface area contributed by atoms with Crippen LogP contribution in [0.4, 0.5) is 0 Å². The third-order valence-corrected chi connectivity index (χ3v) is 9.52. The minimum Gasteiger partial charge on any atom is -0.436 e. The van der Waals surface area contributed by atoms with Gasteiger partial charge in [-0.25, -0.2) is 24.9 Å². The molecule has 248 valence electrons. The van der Waals surface area contributed by atoms with Crippen molar-refractivity contribution in [2.45, 2.75) is 0 Å². The van der Waals surface area contributed by atoms with E-state index in [1.165, 1.54) is 0 Å². The molecule has 0 fully saturated rings. The van der Waals surface area contributed by atoms with E-state index < -0.39 is 0 Å². The highest BCUT2D eigenvalue weighted by molar-refractivity contribution is 6.11. The summed E-state index contributed by atoms with van der Waals surface area (Å²) in [6.07, 6.45) is 0. The summed E-state index contributed by atoms with van der Waals surface area (Å²) in [6, 6.07) is 59.5. The van der Waals surface area contributed by atoms with Gasteiger partial charge in [0.05, 0.1) is 11.2 Å². The summed E-state index contributed by atoms with van der Waals surface area (Å²) in [6.45, 7) is 0. The molecule has 3 heterocycles. The normalized spacial score (nSPS) is 11.4. The molecule has 6 nitrogen and oxygen atoms in total. The van der Waals surface area contributed by atoms with E-state index in [2.05, 4.69) is 72.8 Å². The first-order valence-corrected chi connectivity index (χ1v) is 17.5. The number of benzene rings is 7. The lowest BCUT2D eigenvalue weighted by Crippen LogP contribution is -2.00. The Morgan fingerprint density at radius 3 is 1.51 bits per heavy atom. The monoisotopic (exact) mass is 679 g/mol. The van der Waals surface area contributed by atoms with Gasteiger partial charge in [0, 0.05) is 38.6 Å². The van der Waals surface area contributed by atoms with Gasteiger partial charge in [-0.2, -0.15) is 0 Å². The van der Waals surface area contributed by atoms with E-state index >= 15 is 0 Å². The van der Waals surface area contributed by atoms with Gasteiger partial charge in [-0.15, -0.1) is 0 Å². The topological polar surface area (TPSA) is 77.6 Å². The van der Waals surface area contributed by atoms with Gasteiger partial charge < -0.3 is 4.42 Å². The summed E-state index contributed by atoms with van der Waals surface area (Å²) in [5, 5.41) is 3.33. The van der Waals surface area contributed by atoms with Crippen LogP contribution in [0.25, 0.3) is 101 Å². The van der Waals surface area contributed by atoms with Gasteiger partial charge in [0.1, 0.15) is 5.52 Å². The number of fused-ring (bicyclic) bond motifs is 4. The minimum atomic E-state index is 0.568. The predicted octanol–water partition coefficient (Wildman–Crippen LogP) is 11.7. The number of hydrogen-bond donors (Lipinski definition) is 0. The molecule has 0 unspecified atom stereocenters. The second-order valence-corrected chi connectivity index (χ2v) is 12.9. The summed E-state index contributed by atoms with van der Waals surface area (Å²) >= 11 is 0. The molecule has 0 saturated carbocycles. The highest BCUT2D eigenvalue weighted by Gasteiger charge is 2.18. The molecule has 0 bridgehead atoms. The highest BCUT2D eigenvalue weighted by Crippen LogP contribution is 2.38. The van der Waals surface area contributed by atoms with Crippen LogP contribution >= 0.6 is 0 Å². The first kappa shape index (κ1) is 30.5. The van der Waals surface area contributed by atoms with Gasteiger partial charge in [-0.3, -0.25) is 0 Å². The first-order chi connectivity index (χ1) is 26.2. The van der Waals surface area contributed by atoms with Gasteiger partial charge in [-0.1, -0.05) is 127 Å². The fourth-order valence-electron chi connectivity index (χ4n) is 6.93. The maximum atomic E-state index is 6.32. The van der Waals surface area contributed by atoms with Crippen LogP contribution in [-0.2, 0) is 0 Å². The van der Waals surface area contributed by atoms with Gasteiger partial charge in [0.25, 0.3) is 0 Å². The van der Waals surface area contributed by atoms with Crippen molar-refractivity contribution in [2.75, 3.05) is 0 Å². The van der Waals surface area contributed by atoms with Crippen LogP contribution in [-0.4, -0.2) is 24.9 Å². The summed E-state index contributed by atoms with van der Waals surface area (Å²) in [4.78, 5) is 25.2. The number of hydrogen-bond acceptors (Lipinski definition) is 6. The molecule has 0 N–H and O–H groups in total. The lowest BCUT2D eigenvalue weighted by Gasteiger charge is -2.14. The molecular formula is C47H29N5O. The molecule has 0 saturated heterocycles. The van der Waals surface area contributed by atoms with E-state index in [4.69, 9.17) is 29.3 Å². The molecule has 0 aliphatic rings. The Kier molecular flexibility index (Phi) is 7.36. The van der Waals surface area contributed by atoms with Gasteiger partial charge >= 0.3 is 0 Å². The average Bonchev–Trinajstić information content (AvgIpc) is 3.68. The van der Waals surface area contributed by atoms with E-state index in [0.29, 0.717) is 28.9 Å². The van der Waals surface area contributed by atoms with Crippen LogP contribution in [0.1, 0.15) is 0 Å². The minimum absolute atomic E-state index is 0.568. The van der Waals surface area contributed by atoms with Crippen molar-refractivity contribution in [3.63, 3.8) is 0 Å². The fraction of sp³-hybridized carbons (Fsp3) is 0. The van der Waals surface area contributed by atoms with Crippen molar-refractivity contribution >= 4 is 32.8 Å². The molecule has 0 amide bonds. The van der Waals surface area contributed by atoms with Gasteiger partial charge in [0.2, 0.25) is 5.89 Å². The number of aromatic nitrogens is 5. The molecule has 0 atom stereocenters. The largest absolute Gasteiger partial charge is 0.436 e. The number of oxazole rings is 1. The molecule has 53 heavy (non-hydrogen) atoms. The van der Waals surface area contributed by atoms with Crippen LogP contribution in [0.3, 0.4) is 0 Å². The Morgan fingerprint density at radius 2 is 0.830 bits per heavy atom. The maximum Gasteiger partial charge on any atom is 0.227 e. The second kappa shape index (κ2) is 12.8. The van der Waals surface area contributed by atoms with Crippen molar-refractivity contribution in [1.29, 1.82) is 0 Å².